The van der Waals surface area contributed by atoms with Crippen molar-refractivity contribution in [3.8, 4) is 17.1 Å². The third kappa shape index (κ3) is 5.45. The zero-order valence-corrected chi connectivity index (χ0v) is 18.3. The molecule has 0 spiro atoms. The number of rotatable bonds is 6. The van der Waals surface area contributed by atoms with E-state index in [0.29, 0.717) is 41.3 Å². The molecule has 2 aromatic carbocycles. The SMILES string of the molecule is CC(=O)Nc1ccc(-c2noc([C@H]3CCCN(C(=O)COc4ccc(Cl)cc4)C3)n2)cc1. The first-order valence-corrected chi connectivity index (χ1v) is 10.7. The Bertz CT molecular complexity index is 1080. The van der Waals surface area contributed by atoms with Gasteiger partial charge in [0.05, 0.1) is 5.92 Å². The lowest BCUT2D eigenvalue weighted by Crippen LogP contribution is -2.41. The van der Waals surface area contributed by atoms with Crippen molar-refractivity contribution in [3.63, 3.8) is 0 Å². The number of benzene rings is 2. The van der Waals surface area contributed by atoms with Crippen LogP contribution in [0.25, 0.3) is 11.4 Å². The molecule has 2 heterocycles. The Labute approximate surface area is 190 Å². The van der Waals surface area contributed by atoms with E-state index in [9.17, 15) is 9.59 Å². The highest BCUT2D eigenvalue weighted by Gasteiger charge is 2.29. The molecule has 1 saturated heterocycles. The van der Waals surface area contributed by atoms with Crippen LogP contribution in [0.3, 0.4) is 0 Å². The zero-order chi connectivity index (χ0) is 22.5. The van der Waals surface area contributed by atoms with Gasteiger partial charge in [-0.05, 0) is 61.4 Å². The molecule has 1 aliphatic rings. The van der Waals surface area contributed by atoms with E-state index in [1.54, 1.807) is 41.3 Å². The quantitative estimate of drug-likeness (QED) is 0.601. The van der Waals surface area contributed by atoms with Crippen LogP contribution in [0.4, 0.5) is 5.69 Å². The van der Waals surface area contributed by atoms with Gasteiger partial charge in [0, 0.05) is 36.3 Å². The minimum absolute atomic E-state index is 0.0249. The Kier molecular flexibility index (Phi) is 6.70. The molecule has 8 nitrogen and oxygen atoms in total. The lowest BCUT2D eigenvalue weighted by Gasteiger charge is -2.30. The Morgan fingerprint density at radius 1 is 1.19 bits per heavy atom. The molecule has 32 heavy (non-hydrogen) atoms. The summed E-state index contributed by atoms with van der Waals surface area (Å²) in [6.45, 7) is 2.60. The van der Waals surface area contributed by atoms with Gasteiger partial charge in [0.15, 0.2) is 6.61 Å². The number of aromatic nitrogens is 2. The van der Waals surface area contributed by atoms with E-state index in [2.05, 4.69) is 15.5 Å². The summed E-state index contributed by atoms with van der Waals surface area (Å²) in [4.78, 5) is 30.1. The molecule has 166 valence electrons. The third-order valence-corrected chi connectivity index (χ3v) is 5.46. The summed E-state index contributed by atoms with van der Waals surface area (Å²) >= 11 is 5.87. The lowest BCUT2D eigenvalue weighted by atomic mass is 9.98. The number of amides is 2. The molecular weight excluding hydrogens is 432 g/mol. The number of likely N-dealkylation sites (tertiary alicyclic amines) is 1. The van der Waals surface area contributed by atoms with Crippen LogP contribution < -0.4 is 10.1 Å². The first-order valence-electron chi connectivity index (χ1n) is 10.4. The third-order valence-electron chi connectivity index (χ3n) is 5.20. The monoisotopic (exact) mass is 454 g/mol. The van der Waals surface area contributed by atoms with Crippen molar-refractivity contribution >= 4 is 29.1 Å². The predicted octanol–water partition coefficient (Wildman–Crippen LogP) is 4.13. The number of piperidine rings is 1. The highest BCUT2D eigenvalue weighted by atomic mass is 35.5. The number of halogens is 1. The predicted molar refractivity (Wildman–Crippen MR) is 120 cm³/mol. The van der Waals surface area contributed by atoms with Gasteiger partial charge in [-0.15, -0.1) is 0 Å². The highest BCUT2D eigenvalue weighted by molar-refractivity contribution is 6.30. The molecule has 3 aromatic rings. The largest absolute Gasteiger partial charge is 0.484 e. The van der Waals surface area contributed by atoms with Crippen LogP contribution in [0.2, 0.25) is 5.02 Å². The van der Waals surface area contributed by atoms with Crippen LogP contribution in [-0.4, -0.2) is 46.6 Å². The van der Waals surface area contributed by atoms with E-state index in [1.165, 1.54) is 6.92 Å². The van der Waals surface area contributed by atoms with Crippen LogP contribution in [0.15, 0.2) is 53.1 Å². The number of nitrogens with one attached hydrogen (secondary N) is 1. The molecule has 0 unspecified atom stereocenters. The summed E-state index contributed by atoms with van der Waals surface area (Å²) in [7, 11) is 0. The average molecular weight is 455 g/mol. The number of ether oxygens (including phenoxy) is 1. The minimum atomic E-state index is -0.130. The fourth-order valence-corrected chi connectivity index (χ4v) is 3.72. The van der Waals surface area contributed by atoms with E-state index in [0.717, 1.165) is 18.4 Å². The van der Waals surface area contributed by atoms with Crippen molar-refractivity contribution in [2.24, 2.45) is 0 Å². The second kappa shape index (κ2) is 9.82. The van der Waals surface area contributed by atoms with E-state index < -0.39 is 0 Å². The van der Waals surface area contributed by atoms with Crippen LogP contribution in [0, 0.1) is 0 Å². The smallest absolute Gasteiger partial charge is 0.260 e. The van der Waals surface area contributed by atoms with Crippen molar-refractivity contribution in [3.05, 3.63) is 59.4 Å². The van der Waals surface area contributed by atoms with Crippen molar-refractivity contribution < 1.29 is 18.8 Å². The first kappa shape index (κ1) is 21.8. The summed E-state index contributed by atoms with van der Waals surface area (Å²) in [6.07, 6.45) is 1.71. The Balaban J connectivity index is 1.36. The van der Waals surface area contributed by atoms with E-state index in [-0.39, 0.29) is 24.3 Å². The van der Waals surface area contributed by atoms with Gasteiger partial charge in [-0.3, -0.25) is 9.59 Å². The second-order valence-electron chi connectivity index (χ2n) is 7.64. The van der Waals surface area contributed by atoms with E-state index >= 15 is 0 Å². The first-order chi connectivity index (χ1) is 15.5. The molecular formula is C23H23ClN4O4. The highest BCUT2D eigenvalue weighted by Crippen LogP contribution is 2.28. The summed E-state index contributed by atoms with van der Waals surface area (Å²) in [5, 5.41) is 7.43. The topological polar surface area (TPSA) is 97.6 Å². The minimum Gasteiger partial charge on any atom is -0.484 e. The maximum Gasteiger partial charge on any atom is 0.260 e. The molecule has 0 aliphatic carbocycles. The molecule has 0 saturated carbocycles. The molecule has 1 atom stereocenters. The van der Waals surface area contributed by atoms with E-state index in [4.69, 9.17) is 20.9 Å². The molecule has 0 bridgehead atoms. The number of anilines is 1. The molecule has 0 radical (unpaired) electrons. The van der Waals surface area contributed by atoms with Crippen LogP contribution in [0.1, 0.15) is 31.6 Å². The summed E-state index contributed by atoms with van der Waals surface area (Å²) in [5.74, 6) is 1.35. The molecule has 4 rings (SSSR count). The van der Waals surface area contributed by atoms with Crippen LogP contribution in [-0.2, 0) is 9.59 Å². The standard InChI is InChI=1S/C23H23ClN4O4/c1-15(29)25-19-8-4-16(5-9-19)22-26-23(32-27-22)17-3-2-12-28(13-17)21(30)14-31-20-10-6-18(24)7-11-20/h4-11,17H,2-3,12-14H2,1H3,(H,25,29)/t17-/m0/s1. The Morgan fingerprint density at radius 2 is 1.94 bits per heavy atom. The zero-order valence-electron chi connectivity index (χ0n) is 17.6. The fourth-order valence-electron chi connectivity index (χ4n) is 3.60. The second-order valence-corrected chi connectivity index (χ2v) is 8.07. The van der Waals surface area contributed by atoms with Gasteiger partial charge >= 0.3 is 0 Å². The van der Waals surface area contributed by atoms with E-state index in [1.807, 2.05) is 12.1 Å². The van der Waals surface area contributed by atoms with Gasteiger partial charge in [-0.2, -0.15) is 4.98 Å². The lowest BCUT2D eigenvalue weighted by molar-refractivity contribution is -0.134. The molecule has 2 amide bonds. The van der Waals surface area contributed by atoms with Gasteiger partial charge in [-0.25, -0.2) is 0 Å². The number of hydrogen-bond donors (Lipinski definition) is 1. The molecule has 1 N–H and O–H groups in total. The Hall–Kier alpha value is -3.39. The van der Waals surface area contributed by atoms with Gasteiger partial charge < -0.3 is 19.5 Å². The van der Waals surface area contributed by atoms with Gasteiger partial charge in [0.25, 0.3) is 5.91 Å². The molecule has 1 aliphatic heterocycles. The van der Waals surface area contributed by atoms with Crippen molar-refractivity contribution in [2.45, 2.75) is 25.7 Å². The molecule has 1 aromatic heterocycles. The summed E-state index contributed by atoms with van der Waals surface area (Å²) < 4.78 is 11.1. The average Bonchev–Trinajstić information content (AvgIpc) is 3.29. The van der Waals surface area contributed by atoms with Crippen LogP contribution >= 0.6 is 11.6 Å². The molecule has 1 fully saturated rings. The van der Waals surface area contributed by atoms with Crippen molar-refractivity contribution in [2.75, 3.05) is 25.0 Å². The summed E-state index contributed by atoms with van der Waals surface area (Å²) in [6, 6.07) is 14.1. The normalized spacial score (nSPS) is 15.9. The number of hydrogen-bond acceptors (Lipinski definition) is 6. The number of carbonyl (C=O) groups excluding carboxylic acids is 2. The van der Waals surface area contributed by atoms with Gasteiger partial charge in [0.2, 0.25) is 17.6 Å². The summed E-state index contributed by atoms with van der Waals surface area (Å²) in [5.41, 5.74) is 1.49. The van der Waals surface area contributed by atoms with Gasteiger partial charge in [-0.1, -0.05) is 16.8 Å². The maximum atomic E-state index is 12.6. The van der Waals surface area contributed by atoms with Crippen molar-refractivity contribution in [1.82, 2.24) is 15.0 Å². The molecule has 9 heteroatoms. The maximum absolute atomic E-state index is 12.6. The number of carbonyl (C=O) groups is 2. The Morgan fingerprint density at radius 3 is 2.66 bits per heavy atom. The number of nitrogens with zero attached hydrogens (tertiary/aromatic N) is 3. The van der Waals surface area contributed by atoms with Crippen molar-refractivity contribution in [1.29, 1.82) is 0 Å². The fraction of sp³-hybridized carbons (Fsp3) is 0.304. The van der Waals surface area contributed by atoms with Gasteiger partial charge in [0.1, 0.15) is 5.75 Å². The van der Waals surface area contributed by atoms with Crippen LogP contribution in [0.5, 0.6) is 5.75 Å².